The van der Waals surface area contributed by atoms with Crippen LogP contribution in [0.5, 0.6) is 5.75 Å². The van der Waals surface area contributed by atoms with Gasteiger partial charge < -0.3 is 4.74 Å². The summed E-state index contributed by atoms with van der Waals surface area (Å²) in [5, 5.41) is 0. The number of sulfonamides is 1. The van der Waals surface area contributed by atoms with Crippen LogP contribution >= 0.6 is 0 Å². The van der Waals surface area contributed by atoms with E-state index in [1.807, 2.05) is 43.3 Å². The molecule has 0 unspecified atom stereocenters. The first-order valence-corrected chi connectivity index (χ1v) is 8.84. The van der Waals surface area contributed by atoms with Crippen LogP contribution < -0.4 is 9.46 Å². The predicted octanol–water partition coefficient (Wildman–Crippen LogP) is 3.08. The summed E-state index contributed by atoms with van der Waals surface area (Å²) in [7, 11) is -1.82. The van der Waals surface area contributed by atoms with Gasteiger partial charge in [-0.2, -0.15) is 0 Å². The number of benzene rings is 2. The highest BCUT2D eigenvalue weighted by Crippen LogP contribution is 2.13. The normalized spacial score (nSPS) is 11.7. The molecule has 0 spiro atoms. The van der Waals surface area contributed by atoms with Crippen LogP contribution in [0.25, 0.3) is 0 Å². The van der Waals surface area contributed by atoms with Crippen LogP contribution in [-0.2, 0) is 16.4 Å². The van der Waals surface area contributed by atoms with Crippen molar-refractivity contribution in [2.45, 2.75) is 18.2 Å². The van der Waals surface area contributed by atoms with Crippen LogP contribution in [0, 0.1) is 6.92 Å². The van der Waals surface area contributed by atoms with Crippen molar-refractivity contribution in [2.24, 2.45) is 0 Å². The monoisotopic (exact) mass is 331 g/mol. The minimum Gasteiger partial charge on any atom is -0.497 e. The summed E-state index contributed by atoms with van der Waals surface area (Å²) < 4.78 is 31.9. The van der Waals surface area contributed by atoms with Crippen LogP contribution in [0.2, 0.25) is 0 Å². The molecule has 0 aromatic heterocycles. The Morgan fingerprint density at radius 3 is 2.52 bits per heavy atom. The summed E-state index contributed by atoms with van der Waals surface area (Å²) >= 11 is 0. The van der Waals surface area contributed by atoms with Gasteiger partial charge >= 0.3 is 0 Å². The van der Waals surface area contributed by atoms with Gasteiger partial charge in [-0.15, -0.1) is 0 Å². The summed E-state index contributed by atoms with van der Waals surface area (Å²) in [4.78, 5) is 0.282. The van der Waals surface area contributed by atoms with E-state index in [0.29, 0.717) is 0 Å². The van der Waals surface area contributed by atoms with Crippen molar-refractivity contribution in [2.75, 3.05) is 13.7 Å². The second-order valence-electron chi connectivity index (χ2n) is 5.19. The molecule has 0 atom stereocenters. The zero-order valence-corrected chi connectivity index (χ0v) is 14.1. The fraction of sp³-hybridized carbons (Fsp3) is 0.222. The molecule has 2 rings (SSSR count). The number of methoxy groups -OCH3 is 1. The highest BCUT2D eigenvalue weighted by atomic mass is 32.2. The van der Waals surface area contributed by atoms with Crippen molar-refractivity contribution in [3.8, 4) is 5.75 Å². The average molecular weight is 331 g/mol. The molecule has 1 N–H and O–H groups in total. The molecule has 0 amide bonds. The maximum atomic E-state index is 12.1. The summed E-state index contributed by atoms with van der Waals surface area (Å²) in [5.41, 5.74) is 2.14. The van der Waals surface area contributed by atoms with Crippen LogP contribution in [-0.4, -0.2) is 22.1 Å². The topological polar surface area (TPSA) is 55.4 Å². The van der Waals surface area contributed by atoms with Gasteiger partial charge in [0.05, 0.1) is 12.0 Å². The number of rotatable bonds is 7. The van der Waals surface area contributed by atoms with Gasteiger partial charge in [-0.3, -0.25) is 0 Å². The molecule has 0 heterocycles. The molecule has 122 valence electrons. The second-order valence-corrected chi connectivity index (χ2v) is 6.96. The van der Waals surface area contributed by atoms with Gasteiger partial charge in [0.2, 0.25) is 10.0 Å². The first kappa shape index (κ1) is 17.2. The SMILES string of the molecule is COc1cccc(C/C=C\CNS(=O)(=O)c2ccc(C)cc2)c1. The van der Waals surface area contributed by atoms with Gasteiger partial charge in [0.1, 0.15) is 5.75 Å². The van der Waals surface area contributed by atoms with Gasteiger partial charge in [0.25, 0.3) is 0 Å². The van der Waals surface area contributed by atoms with Gasteiger partial charge in [0.15, 0.2) is 0 Å². The highest BCUT2D eigenvalue weighted by Gasteiger charge is 2.11. The quantitative estimate of drug-likeness (QED) is 0.793. The lowest BCUT2D eigenvalue weighted by Crippen LogP contribution is -2.23. The maximum Gasteiger partial charge on any atom is 0.240 e. The fourth-order valence-electron chi connectivity index (χ4n) is 2.06. The molecule has 0 bridgehead atoms. The van der Waals surface area contributed by atoms with Crippen LogP contribution in [0.3, 0.4) is 0 Å². The largest absolute Gasteiger partial charge is 0.497 e. The first-order chi connectivity index (χ1) is 11.0. The van der Waals surface area contributed by atoms with Gasteiger partial charge in [-0.05, 0) is 43.2 Å². The van der Waals surface area contributed by atoms with Gasteiger partial charge in [-0.1, -0.05) is 42.0 Å². The van der Waals surface area contributed by atoms with Gasteiger partial charge in [0, 0.05) is 6.54 Å². The second kappa shape index (κ2) is 7.94. The van der Waals surface area contributed by atoms with Crippen LogP contribution in [0.15, 0.2) is 65.6 Å². The Kier molecular flexibility index (Phi) is 5.96. The van der Waals surface area contributed by atoms with E-state index in [1.165, 1.54) is 0 Å². The van der Waals surface area contributed by atoms with Crippen molar-refractivity contribution < 1.29 is 13.2 Å². The zero-order chi connectivity index (χ0) is 16.7. The zero-order valence-electron chi connectivity index (χ0n) is 13.3. The molecule has 2 aromatic carbocycles. The molecule has 0 saturated heterocycles. The number of nitrogens with one attached hydrogen (secondary N) is 1. The Morgan fingerprint density at radius 2 is 1.83 bits per heavy atom. The molecule has 0 radical (unpaired) electrons. The highest BCUT2D eigenvalue weighted by molar-refractivity contribution is 7.89. The number of hydrogen-bond donors (Lipinski definition) is 1. The molecule has 4 nitrogen and oxygen atoms in total. The molecule has 0 aliphatic heterocycles. The lowest BCUT2D eigenvalue weighted by atomic mass is 10.1. The number of allylic oxidation sites excluding steroid dienone is 1. The standard InChI is InChI=1S/C18H21NO3S/c1-15-9-11-18(12-10-15)23(20,21)19-13-4-3-6-16-7-5-8-17(14-16)22-2/h3-5,7-12,14,19H,6,13H2,1-2H3/b4-3-. The maximum absolute atomic E-state index is 12.1. The van der Waals surface area contributed by atoms with Crippen molar-refractivity contribution in [1.82, 2.24) is 4.72 Å². The fourth-order valence-corrected chi connectivity index (χ4v) is 3.04. The Balaban J connectivity index is 1.87. The van der Waals surface area contributed by atoms with Crippen molar-refractivity contribution >= 4 is 10.0 Å². The Bertz CT molecular complexity index is 765. The van der Waals surface area contributed by atoms with E-state index in [2.05, 4.69) is 4.72 Å². The summed E-state index contributed by atoms with van der Waals surface area (Å²) in [6.45, 7) is 2.19. The molecule has 2 aromatic rings. The van der Waals surface area contributed by atoms with Crippen molar-refractivity contribution in [3.05, 3.63) is 71.8 Å². The predicted molar refractivity (Wildman–Crippen MR) is 92.2 cm³/mol. The third-order valence-electron chi connectivity index (χ3n) is 3.38. The molecular formula is C18H21NO3S. The molecule has 0 aliphatic carbocycles. The Morgan fingerprint density at radius 1 is 1.09 bits per heavy atom. The van der Waals surface area contributed by atoms with E-state index < -0.39 is 10.0 Å². The average Bonchev–Trinajstić information content (AvgIpc) is 2.55. The Hall–Kier alpha value is -2.11. The summed E-state index contributed by atoms with van der Waals surface area (Å²) in [6.07, 6.45) is 4.47. The minimum atomic E-state index is -3.45. The molecule has 23 heavy (non-hydrogen) atoms. The van der Waals surface area contributed by atoms with Crippen LogP contribution in [0.4, 0.5) is 0 Å². The number of hydrogen-bond acceptors (Lipinski definition) is 3. The van der Waals surface area contributed by atoms with Gasteiger partial charge in [-0.25, -0.2) is 13.1 Å². The van der Waals surface area contributed by atoms with Crippen molar-refractivity contribution in [1.29, 1.82) is 0 Å². The molecule has 0 saturated carbocycles. The summed E-state index contributed by atoms with van der Waals surface area (Å²) in [5.74, 6) is 0.816. The van der Waals surface area contributed by atoms with E-state index >= 15 is 0 Å². The molecular weight excluding hydrogens is 310 g/mol. The third-order valence-corrected chi connectivity index (χ3v) is 4.82. The van der Waals surface area contributed by atoms with Crippen LogP contribution in [0.1, 0.15) is 11.1 Å². The third kappa shape index (κ3) is 5.23. The number of aryl methyl sites for hydroxylation is 1. The molecule has 0 fully saturated rings. The molecule has 0 aliphatic rings. The lowest BCUT2D eigenvalue weighted by Gasteiger charge is -2.05. The first-order valence-electron chi connectivity index (χ1n) is 7.35. The van der Waals surface area contributed by atoms with E-state index in [0.717, 1.165) is 23.3 Å². The van der Waals surface area contributed by atoms with E-state index in [4.69, 9.17) is 4.74 Å². The minimum absolute atomic E-state index is 0.264. The van der Waals surface area contributed by atoms with E-state index in [1.54, 1.807) is 31.4 Å². The van der Waals surface area contributed by atoms with E-state index in [9.17, 15) is 8.42 Å². The number of ether oxygens (including phenoxy) is 1. The van der Waals surface area contributed by atoms with E-state index in [-0.39, 0.29) is 11.4 Å². The smallest absolute Gasteiger partial charge is 0.240 e. The lowest BCUT2D eigenvalue weighted by molar-refractivity contribution is 0.414. The van der Waals surface area contributed by atoms with Crippen molar-refractivity contribution in [3.63, 3.8) is 0 Å². The summed E-state index contributed by atoms with van der Waals surface area (Å²) in [6, 6.07) is 14.6. The Labute approximate surface area is 137 Å². The molecule has 5 heteroatoms.